The lowest BCUT2D eigenvalue weighted by atomic mass is 10.1. The van der Waals surface area contributed by atoms with Crippen LogP contribution >= 0.6 is 0 Å². The van der Waals surface area contributed by atoms with E-state index in [0.717, 1.165) is 0 Å². The molecule has 128 valence electrons. The molecular formula is C18H15NO6. The Labute approximate surface area is 142 Å². The smallest absolute Gasteiger partial charge is 0.342 e. The van der Waals surface area contributed by atoms with Crippen molar-refractivity contribution < 1.29 is 23.2 Å². The van der Waals surface area contributed by atoms with E-state index in [1.165, 1.54) is 25.3 Å². The van der Waals surface area contributed by atoms with Gasteiger partial charge in [-0.05, 0) is 25.1 Å². The van der Waals surface area contributed by atoms with Crippen LogP contribution in [0.25, 0.3) is 11.0 Å². The van der Waals surface area contributed by atoms with Crippen LogP contribution in [0.2, 0.25) is 0 Å². The third-order valence-corrected chi connectivity index (χ3v) is 3.59. The fourth-order valence-electron chi connectivity index (χ4n) is 2.45. The van der Waals surface area contributed by atoms with Crippen molar-refractivity contribution >= 4 is 28.5 Å². The van der Waals surface area contributed by atoms with Crippen molar-refractivity contribution in [2.75, 3.05) is 5.32 Å². The molecule has 0 aliphatic carbocycles. The maximum Gasteiger partial charge on any atom is 0.342 e. The van der Waals surface area contributed by atoms with Crippen LogP contribution in [-0.2, 0) is 16.1 Å². The maximum absolute atomic E-state index is 12.1. The summed E-state index contributed by atoms with van der Waals surface area (Å²) in [5.74, 6) is -0.313. The van der Waals surface area contributed by atoms with Gasteiger partial charge in [0.1, 0.15) is 23.5 Å². The third kappa shape index (κ3) is 3.60. The highest BCUT2D eigenvalue weighted by Gasteiger charge is 2.14. The fourth-order valence-corrected chi connectivity index (χ4v) is 2.45. The van der Waals surface area contributed by atoms with E-state index >= 15 is 0 Å². The molecular weight excluding hydrogens is 326 g/mol. The van der Waals surface area contributed by atoms with Crippen LogP contribution < -0.4 is 10.9 Å². The summed E-state index contributed by atoms with van der Waals surface area (Å²) in [6.45, 7) is 2.95. The lowest BCUT2D eigenvalue weighted by Crippen LogP contribution is -2.09. The van der Waals surface area contributed by atoms with Crippen molar-refractivity contribution in [3.8, 4) is 0 Å². The van der Waals surface area contributed by atoms with E-state index in [-0.39, 0.29) is 12.5 Å². The van der Waals surface area contributed by atoms with Crippen LogP contribution in [0.3, 0.4) is 0 Å². The Kier molecular flexibility index (Phi) is 4.38. The number of rotatable bonds is 4. The summed E-state index contributed by atoms with van der Waals surface area (Å²) >= 11 is 0. The molecule has 0 aliphatic heterocycles. The van der Waals surface area contributed by atoms with Crippen molar-refractivity contribution in [2.45, 2.75) is 20.5 Å². The number of carbonyl (C=O) groups excluding carboxylic acids is 2. The van der Waals surface area contributed by atoms with Gasteiger partial charge in [0.15, 0.2) is 0 Å². The molecule has 0 saturated heterocycles. The van der Waals surface area contributed by atoms with Gasteiger partial charge in [-0.1, -0.05) is 0 Å². The summed E-state index contributed by atoms with van der Waals surface area (Å²) < 4.78 is 15.5. The molecule has 0 spiro atoms. The number of furan rings is 1. The van der Waals surface area contributed by atoms with E-state index in [4.69, 9.17) is 13.6 Å². The van der Waals surface area contributed by atoms with Crippen LogP contribution in [0, 0.1) is 6.92 Å². The summed E-state index contributed by atoms with van der Waals surface area (Å²) in [6, 6.07) is 7.71. The van der Waals surface area contributed by atoms with Crippen LogP contribution in [-0.4, -0.2) is 11.9 Å². The Morgan fingerprint density at radius 2 is 2.00 bits per heavy atom. The van der Waals surface area contributed by atoms with Gasteiger partial charge in [0.05, 0.1) is 6.26 Å². The van der Waals surface area contributed by atoms with Gasteiger partial charge < -0.3 is 18.9 Å². The molecule has 1 aromatic carbocycles. The lowest BCUT2D eigenvalue weighted by molar-refractivity contribution is -0.114. The number of nitrogens with one attached hydrogen (secondary N) is 1. The first kappa shape index (κ1) is 16.5. The molecule has 3 aromatic rings. The van der Waals surface area contributed by atoms with Crippen molar-refractivity contribution in [2.24, 2.45) is 0 Å². The molecule has 1 N–H and O–H groups in total. The van der Waals surface area contributed by atoms with Gasteiger partial charge in [-0.15, -0.1) is 0 Å². The van der Waals surface area contributed by atoms with Gasteiger partial charge in [0.25, 0.3) is 0 Å². The first-order valence-electron chi connectivity index (χ1n) is 7.49. The maximum atomic E-state index is 12.1. The number of aryl methyl sites for hydroxylation is 1. The van der Waals surface area contributed by atoms with Crippen LogP contribution in [0.15, 0.2) is 50.2 Å². The minimum atomic E-state index is -0.571. The summed E-state index contributed by atoms with van der Waals surface area (Å²) in [5.41, 5.74) is 1.07. The predicted molar refractivity (Wildman–Crippen MR) is 89.4 cm³/mol. The Balaban J connectivity index is 1.88. The highest BCUT2D eigenvalue weighted by Crippen LogP contribution is 2.22. The van der Waals surface area contributed by atoms with Gasteiger partial charge in [-0.3, -0.25) is 4.79 Å². The quantitative estimate of drug-likeness (QED) is 0.578. The number of hydrogen-bond donors (Lipinski definition) is 1. The number of amides is 1. The highest BCUT2D eigenvalue weighted by molar-refractivity contribution is 5.92. The van der Waals surface area contributed by atoms with Gasteiger partial charge in [-0.25, -0.2) is 9.59 Å². The van der Waals surface area contributed by atoms with E-state index in [1.807, 2.05) is 0 Å². The van der Waals surface area contributed by atoms with Gasteiger partial charge >= 0.3 is 11.6 Å². The molecule has 0 saturated carbocycles. The zero-order valence-electron chi connectivity index (χ0n) is 13.6. The lowest BCUT2D eigenvalue weighted by Gasteiger charge is -2.08. The monoisotopic (exact) mass is 341 g/mol. The van der Waals surface area contributed by atoms with E-state index in [1.54, 1.807) is 25.1 Å². The topological polar surface area (TPSA) is 98.7 Å². The minimum absolute atomic E-state index is 0.0922. The Bertz CT molecular complexity index is 1010. The molecule has 7 heteroatoms. The van der Waals surface area contributed by atoms with E-state index in [2.05, 4.69) is 5.32 Å². The number of ether oxygens (including phenoxy) is 1. The number of esters is 1. The standard InChI is InChI=1S/C18H15NO6/c1-10-14(5-6-23-10)18(22)24-9-12-7-17(21)25-16-8-13(19-11(2)20)3-4-15(12)16/h3-8H,9H2,1-2H3,(H,19,20). The van der Waals surface area contributed by atoms with E-state index in [9.17, 15) is 14.4 Å². The average molecular weight is 341 g/mol. The molecule has 0 radical (unpaired) electrons. The summed E-state index contributed by atoms with van der Waals surface area (Å²) in [4.78, 5) is 35.0. The molecule has 0 atom stereocenters. The number of hydrogen-bond acceptors (Lipinski definition) is 6. The molecule has 1 amide bonds. The normalized spacial score (nSPS) is 10.6. The van der Waals surface area contributed by atoms with Gasteiger partial charge in [-0.2, -0.15) is 0 Å². The minimum Gasteiger partial charge on any atom is -0.469 e. The van der Waals surface area contributed by atoms with Crippen molar-refractivity contribution in [1.29, 1.82) is 0 Å². The molecule has 0 bridgehead atoms. The number of fused-ring (bicyclic) bond motifs is 1. The summed E-state index contributed by atoms with van der Waals surface area (Å²) in [7, 11) is 0. The first-order valence-corrected chi connectivity index (χ1v) is 7.49. The Morgan fingerprint density at radius 3 is 2.68 bits per heavy atom. The zero-order chi connectivity index (χ0) is 18.0. The molecule has 3 rings (SSSR count). The second kappa shape index (κ2) is 6.64. The molecule has 0 unspecified atom stereocenters. The molecule has 2 heterocycles. The van der Waals surface area contributed by atoms with Gasteiger partial charge in [0, 0.05) is 35.7 Å². The van der Waals surface area contributed by atoms with Crippen molar-refractivity contribution in [1.82, 2.24) is 0 Å². The molecule has 0 fully saturated rings. The van der Waals surface area contributed by atoms with Crippen LogP contribution in [0.5, 0.6) is 0 Å². The largest absolute Gasteiger partial charge is 0.469 e. The zero-order valence-corrected chi connectivity index (χ0v) is 13.6. The summed E-state index contributed by atoms with van der Waals surface area (Å²) in [5, 5.41) is 3.23. The SMILES string of the molecule is CC(=O)Nc1ccc2c(COC(=O)c3ccoc3C)cc(=O)oc2c1. The third-order valence-electron chi connectivity index (χ3n) is 3.59. The number of carbonyl (C=O) groups is 2. The highest BCUT2D eigenvalue weighted by atomic mass is 16.5. The fraction of sp³-hybridized carbons (Fsp3) is 0.167. The Morgan fingerprint density at radius 1 is 1.20 bits per heavy atom. The van der Waals surface area contributed by atoms with Crippen LogP contribution in [0.1, 0.15) is 28.6 Å². The van der Waals surface area contributed by atoms with E-state index in [0.29, 0.717) is 33.5 Å². The second-order valence-corrected chi connectivity index (χ2v) is 5.45. The predicted octanol–water partition coefficient (Wildman–Crippen LogP) is 3.01. The molecule has 25 heavy (non-hydrogen) atoms. The van der Waals surface area contributed by atoms with Crippen LogP contribution in [0.4, 0.5) is 5.69 Å². The Hall–Kier alpha value is -3.35. The van der Waals surface area contributed by atoms with Crippen molar-refractivity contribution in [3.63, 3.8) is 0 Å². The molecule has 2 aromatic heterocycles. The second-order valence-electron chi connectivity index (χ2n) is 5.45. The molecule has 0 aliphatic rings. The first-order chi connectivity index (χ1) is 11.9. The van der Waals surface area contributed by atoms with E-state index < -0.39 is 11.6 Å². The number of anilines is 1. The number of benzene rings is 1. The average Bonchev–Trinajstić information content (AvgIpc) is 2.97. The summed E-state index contributed by atoms with van der Waals surface area (Å²) in [6.07, 6.45) is 1.40. The molecule has 7 nitrogen and oxygen atoms in total. The van der Waals surface area contributed by atoms with Crippen molar-refractivity contribution in [3.05, 3.63) is 63.9 Å². The van der Waals surface area contributed by atoms with Gasteiger partial charge in [0.2, 0.25) is 5.91 Å².